The SMILES string of the molecule is N#Cc1c(F)cc(C2CCN3C(=O)CCC3C2)cc1I. The molecule has 0 bridgehead atoms. The van der Waals surface area contributed by atoms with Crippen LogP contribution < -0.4 is 0 Å². The zero-order valence-corrected chi connectivity index (χ0v) is 13.1. The lowest BCUT2D eigenvalue weighted by atomic mass is 9.85. The molecule has 20 heavy (non-hydrogen) atoms. The Kier molecular flexibility index (Phi) is 3.67. The van der Waals surface area contributed by atoms with E-state index in [0.29, 0.717) is 16.0 Å². The van der Waals surface area contributed by atoms with Gasteiger partial charge in [-0.2, -0.15) is 5.26 Å². The number of nitriles is 1. The first-order valence-electron chi connectivity index (χ1n) is 6.78. The third-order valence-electron chi connectivity index (χ3n) is 4.38. The van der Waals surface area contributed by atoms with Crippen molar-refractivity contribution in [3.63, 3.8) is 0 Å². The van der Waals surface area contributed by atoms with Crippen LogP contribution in [0.4, 0.5) is 4.39 Å². The molecule has 0 radical (unpaired) electrons. The highest BCUT2D eigenvalue weighted by atomic mass is 127. The van der Waals surface area contributed by atoms with E-state index in [9.17, 15) is 9.18 Å². The van der Waals surface area contributed by atoms with E-state index in [1.54, 1.807) is 0 Å². The molecule has 0 saturated carbocycles. The van der Waals surface area contributed by atoms with Crippen LogP contribution >= 0.6 is 22.6 Å². The molecule has 1 amide bonds. The van der Waals surface area contributed by atoms with Crippen molar-refractivity contribution < 1.29 is 9.18 Å². The molecular formula is C15H14FIN2O. The van der Waals surface area contributed by atoms with E-state index in [0.717, 1.165) is 31.4 Å². The van der Waals surface area contributed by atoms with Crippen molar-refractivity contribution in [3.8, 4) is 6.07 Å². The summed E-state index contributed by atoms with van der Waals surface area (Å²) in [5.41, 5.74) is 1.09. The number of benzene rings is 1. The average molecular weight is 384 g/mol. The van der Waals surface area contributed by atoms with Crippen LogP contribution in [0.25, 0.3) is 0 Å². The van der Waals surface area contributed by atoms with Crippen molar-refractivity contribution in [2.24, 2.45) is 0 Å². The smallest absolute Gasteiger partial charge is 0.222 e. The minimum Gasteiger partial charge on any atom is -0.340 e. The van der Waals surface area contributed by atoms with Crippen LogP contribution in [-0.2, 0) is 4.79 Å². The number of carbonyl (C=O) groups excluding carboxylic acids is 1. The number of halogens is 2. The fourth-order valence-corrected chi connectivity index (χ4v) is 4.06. The average Bonchev–Trinajstić information content (AvgIpc) is 2.79. The molecule has 5 heteroatoms. The first-order chi connectivity index (χ1) is 9.60. The summed E-state index contributed by atoms with van der Waals surface area (Å²) in [5.74, 6) is 0.117. The number of piperidine rings is 1. The van der Waals surface area contributed by atoms with E-state index in [2.05, 4.69) is 0 Å². The number of amides is 1. The molecule has 2 aliphatic rings. The predicted molar refractivity (Wildman–Crippen MR) is 80.5 cm³/mol. The second-order valence-corrected chi connectivity index (χ2v) is 6.63. The lowest BCUT2D eigenvalue weighted by Gasteiger charge is -2.35. The Morgan fingerprint density at radius 1 is 1.40 bits per heavy atom. The highest BCUT2D eigenvalue weighted by Crippen LogP contribution is 2.37. The summed E-state index contributed by atoms with van der Waals surface area (Å²) in [4.78, 5) is 13.6. The van der Waals surface area contributed by atoms with Gasteiger partial charge in [-0.05, 0) is 65.5 Å². The van der Waals surface area contributed by atoms with Crippen molar-refractivity contribution in [1.29, 1.82) is 5.26 Å². The quantitative estimate of drug-likeness (QED) is 0.699. The van der Waals surface area contributed by atoms with Crippen LogP contribution in [0.5, 0.6) is 0 Å². The molecule has 0 aliphatic carbocycles. The van der Waals surface area contributed by atoms with Gasteiger partial charge in [-0.15, -0.1) is 0 Å². The third kappa shape index (κ3) is 2.30. The van der Waals surface area contributed by atoms with Gasteiger partial charge in [0, 0.05) is 22.6 Å². The Balaban J connectivity index is 1.85. The maximum absolute atomic E-state index is 13.9. The minimum atomic E-state index is -0.431. The van der Waals surface area contributed by atoms with E-state index in [1.165, 1.54) is 6.07 Å². The van der Waals surface area contributed by atoms with E-state index in [4.69, 9.17) is 5.26 Å². The summed E-state index contributed by atoms with van der Waals surface area (Å²) >= 11 is 2.01. The fourth-order valence-electron chi connectivity index (χ4n) is 3.32. The Bertz CT molecular complexity index is 587. The fraction of sp³-hybridized carbons (Fsp3) is 0.467. The monoisotopic (exact) mass is 384 g/mol. The minimum absolute atomic E-state index is 0.128. The first kappa shape index (κ1) is 13.8. The van der Waals surface area contributed by atoms with Crippen molar-refractivity contribution in [2.75, 3.05) is 6.54 Å². The van der Waals surface area contributed by atoms with Crippen molar-refractivity contribution in [3.05, 3.63) is 32.6 Å². The Hall–Kier alpha value is -1.16. The molecule has 2 saturated heterocycles. The second kappa shape index (κ2) is 5.32. The lowest BCUT2D eigenvalue weighted by molar-refractivity contribution is -0.129. The lowest BCUT2D eigenvalue weighted by Crippen LogP contribution is -2.39. The van der Waals surface area contributed by atoms with E-state index in [-0.39, 0.29) is 17.4 Å². The maximum atomic E-state index is 13.9. The number of carbonyl (C=O) groups is 1. The molecule has 2 unspecified atom stereocenters. The van der Waals surface area contributed by atoms with Gasteiger partial charge >= 0.3 is 0 Å². The summed E-state index contributed by atoms with van der Waals surface area (Å²) in [6.07, 6.45) is 3.36. The maximum Gasteiger partial charge on any atom is 0.222 e. The zero-order valence-electron chi connectivity index (χ0n) is 10.9. The highest BCUT2D eigenvalue weighted by molar-refractivity contribution is 14.1. The molecule has 1 aromatic rings. The third-order valence-corrected chi connectivity index (χ3v) is 5.23. The van der Waals surface area contributed by atoms with Gasteiger partial charge in [-0.3, -0.25) is 4.79 Å². The van der Waals surface area contributed by atoms with Crippen molar-refractivity contribution in [2.45, 2.75) is 37.6 Å². The molecule has 2 atom stereocenters. The molecule has 2 fully saturated rings. The number of fused-ring (bicyclic) bond motifs is 1. The molecule has 0 spiro atoms. The summed E-state index contributed by atoms with van der Waals surface area (Å²) in [5, 5.41) is 8.91. The van der Waals surface area contributed by atoms with Gasteiger partial charge in [0.05, 0.1) is 0 Å². The second-order valence-electron chi connectivity index (χ2n) is 5.47. The normalized spacial score (nSPS) is 25.4. The van der Waals surface area contributed by atoms with E-state index >= 15 is 0 Å². The van der Waals surface area contributed by atoms with Crippen molar-refractivity contribution >= 4 is 28.5 Å². The largest absolute Gasteiger partial charge is 0.340 e. The molecule has 3 nitrogen and oxygen atoms in total. The molecule has 2 heterocycles. The topological polar surface area (TPSA) is 44.1 Å². The van der Waals surface area contributed by atoms with Crippen LogP contribution in [0, 0.1) is 20.7 Å². The number of hydrogen-bond acceptors (Lipinski definition) is 2. The van der Waals surface area contributed by atoms with Crippen molar-refractivity contribution in [1.82, 2.24) is 4.90 Å². The number of nitrogens with zero attached hydrogens (tertiary/aromatic N) is 2. The van der Waals surface area contributed by atoms with E-state index < -0.39 is 5.82 Å². The summed E-state index contributed by atoms with van der Waals surface area (Å²) in [6.45, 7) is 0.770. The van der Waals surface area contributed by atoms with Gasteiger partial charge in [0.2, 0.25) is 5.91 Å². The molecule has 0 aromatic heterocycles. The molecule has 1 aromatic carbocycles. The molecule has 0 N–H and O–H groups in total. The molecule has 2 aliphatic heterocycles. The van der Waals surface area contributed by atoms with Gasteiger partial charge in [0.25, 0.3) is 0 Å². The van der Waals surface area contributed by atoms with Gasteiger partial charge in [-0.1, -0.05) is 0 Å². The van der Waals surface area contributed by atoms with Crippen LogP contribution in [-0.4, -0.2) is 23.4 Å². The van der Waals surface area contributed by atoms with Crippen LogP contribution in [0.3, 0.4) is 0 Å². The molecule has 104 valence electrons. The molecular weight excluding hydrogens is 370 g/mol. The zero-order chi connectivity index (χ0) is 14.3. The summed E-state index contributed by atoms with van der Waals surface area (Å²) in [6, 6.07) is 5.63. The van der Waals surface area contributed by atoms with Crippen LogP contribution in [0.1, 0.15) is 42.7 Å². The Morgan fingerprint density at radius 2 is 2.20 bits per heavy atom. The highest BCUT2D eigenvalue weighted by Gasteiger charge is 2.36. The van der Waals surface area contributed by atoms with Gasteiger partial charge in [-0.25, -0.2) is 4.39 Å². The van der Waals surface area contributed by atoms with Gasteiger partial charge in [0.1, 0.15) is 17.4 Å². The number of rotatable bonds is 1. The van der Waals surface area contributed by atoms with Gasteiger partial charge < -0.3 is 4.90 Å². The van der Waals surface area contributed by atoms with Crippen LogP contribution in [0.15, 0.2) is 12.1 Å². The summed E-state index contributed by atoms with van der Waals surface area (Å²) in [7, 11) is 0. The van der Waals surface area contributed by atoms with Gasteiger partial charge in [0.15, 0.2) is 0 Å². The summed E-state index contributed by atoms with van der Waals surface area (Å²) < 4.78 is 14.6. The molecule has 3 rings (SSSR count). The Labute approximate surface area is 130 Å². The van der Waals surface area contributed by atoms with Crippen LogP contribution in [0.2, 0.25) is 0 Å². The number of hydrogen-bond donors (Lipinski definition) is 0. The standard InChI is InChI=1S/C15H14FIN2O/c16-13-6-10(7-14(17)12(13)8-18)9-3-4-19-11(5-9)1-2-15(19)20/h6-7,9,11H,1-5H2. The first-order valence-corrected chi connectivity index (χ1v) is 7.86. The Morgan fingerprint density at radius 3 is 2.90 bits per heavy atom. The predicted octanol–water partition coefficient (Wildman–Crippen LogP) is 3.17. The van der Waals surface area contributed by atoms with E-state index in [1.807, 2.05) is 39.6 Å².